The Morgan fingerprint density at radius 1 is 1.07 bits per heavy atom. The lowest BCUT2D eigenvalue weighted by molar-refractivity contribution is 0.725. The molecule has 5 heteroatoms. The summed E-state index contributed by atoms with van der Waals surface area (Å²) < 4.78 is 1.87. The van der Waals surface area contributed by atoms with Crippen molar-refractivity contribution in [2.75, 3.05) is 11.4 Å². The molecule has 1 saturated heterocycles. The molecule has 0 spiro atoms. The Morgan fingerprint density at radius 3 is 2.79 bits per heavy atom. The van der Waals surface area contributed by atoms with E-state index in [1.807, 2.05) is 28.9 Å². The van der Waals surface area contributed by atoms with Crippen molar-refractivity contribution in [3.05, 3.63) is 78.2 Å². The number of imidazole rings is 1. The molecule has 1 aliphatic rings. The number of fused-ring (bicyclic) bond motifs is 1. The van der Waals surface area contributed by atoms with E-state index < -0.39 is 0 Å². The van der Waals surface area contributed by atoms with Crippen LogP contribution in [-0.4, -0.2) is 32.2 Å². The molecule has 28 heavy (non-hydrogen) atoms. The smallest absolute Gasteiger partial charge is 0.157 e. The first-order chi connectivity index (χ1) is 13.8. The summed E-state index contributed by atoms with van der Waals surface area (Å²) >= 11 is 0. The SMILES string of the molecule is C[C@H]1CCCN1c1cccc(Cc2cc(-c3ccccc3)nn3ccnc23)n1. The minimum Gasteiger partial charge on any atom is -0.354 e. The van der Waals surface area contributed by atoms with Gasteiger partial charge in [-0.3, -0.25) is 0 Å². The van der Waals surface area contributed by atoms with Gasteiger partial charge in [0.05, 0.1) is 5.69 Å². The second-order valence-electron chi connectivity index (χ2n) is 7.46. The summed E-state index contributed by atoms with van der Waals surface area (Å²) in [6.07, 6.45) is 6.92. The number of aromatic nitrogens is 4. The van der Waals surface area contributed by atoms with E-state index in [1.54, 1.807) is 6.20 Å². The van der Waals surface area contributed by atoms with E-state index in [-0.39, 0.29) is 0 Å². The maximum Gasteiger partial charge on any atom is 0.157 e. The Labute approximate surface area is 164 Å². The fraction of sp³-hybridized carbons (Fsp3) is 0.261. The number of hydrogen-bond donors (Lipinski definition) is 0. The van der Waals surface area contributed by atoms with Gasteiger partial charge in [-0.2, -0.15) is 5.10 Å². The number of nitrogens with zero attached hydrogens (tertiary/aromatic N) is 5. The third-order valence-corrected chi connectivity index (χ3v) is 5.52. The summed E-state index contributed by atoms with van der Waals surface area (Å²) in [5, 5.41) is 4.72. The lowest BCUT2D eigenvalue weighted by atomic mass is 10.1. The number of rotatable bonds is 4. The second-order valence-corrected chi connectivity index (χ2v) is 7.46. The predicted octanol–water partition coefficient (Wildman–Crippen LogP) is 4.37. The predicted molar refractivity (Wildman–Crippen MR) is 112 cm³/mol. The first-order valence-corrected chi connectivity index (χ1v) is 9.89. The average Bonchev–Trinajstić information content (AvgIpc) is 3.38. The van der Waals surface area contributed by atoms with Gasteiger partial charge in [-0.1, -0.05) is 36.4 Å². The van der Waals surface area contributed by atoms with Crippen LogP contribution in [0.2, 0.25) is 0 Å². The van der Waals surface area contributed by atoms with Crippen LogP contribution in [0, 0.1) is 0 Å². The Balaban J connectivity index is 1.52. The zero-order valence-electron chi connectivity index (χ0n) is 16.0. The molecule has 0 amide bonds. The van der Waals surface area contributed by atoms with Crippen molar-refractivity contribution < 1.29 is 0 Å². The first kappa shape index (κ1) is 16.9. The molecule has 5 nitrogen and oxygen atoms in total. The van der Waals surface area contributed by atoms with Crippen molar-refractivity contribution in [3.8, 4) is 11.3 Å². The van der Waals surface area contributed by atoms with Crippen molar-refractivity contribution in [1.29, 1.82) is 0 Å². The van der Waals surface area contributed by atoms with Crippen molar-refractivity contribution >= 4 is 11.5 Å². The topological polar surface area (TPSA) is 46.3 Å². The molecule has 4 heterocycles. The van der Waals surface area contributed by atoms with Gasteiger partial charge < -0.3 is 4.90 Å². The molecule has 1 atom stereocenters. The number of hydrogen-bond acceptors (Lipinski definition) is 4. The highest BCUT2D eigenvalue weighted by atomic mass is 15.2. The Hall–Kier alpha value is -3.21. The summed E-state index contributed by atoms with van der Waals surface area (Å²) in [7, 11) is 0. The standard InChI is InChI=1S/C23H23N5/c1-17-7-6-13-27(17)22-11-5-10-20(25-22)15-19-16-21(18-8-3-2-4-9-18)26-28-14-12-24-23(19)28/h2-5,8-12,14,16-17H,6-7,13,15H2,1H3/t17-/m0/s1. The molecule has 0 bridgehead atoms. The van der Waals surface area contributed by atoms with Crippen LogP contribution in [0.5, 0.6) is 0 Å². The van der Waals surface area contributed by atoms with Gasteiger partial charge >= 0.3 is 0 Å². The molecular weight excluding hydrogens is 346 g/mol. The van der Waals surface area contributed by atoms with E-state index in [2.05, 4.69) is 53.2 Å². The highest BCUT2D eigenvalue weighted by Crippen LogP contribution is 2.25. The second kappa shape index (κ2) is 7.08. The molecule has 0 unspecified atom stereocenters. The third-order valence-electron chi connectivity index (χ3n) is 5.52. The highest BCUT2D eigenvalue weighted by Gasteiger charge is 2.21. The van der Waals surface area contributed by atoms with Crippen LogP contribution < -0.4 is 4.90 Å². The van der Waals surface area contributed by atoms with Gasteiger partial charge in [0.15, 0.2) is 5.65 Å². The van der Waals surface area contributed by atoms with Gasteiger partial charge in [-0.25, -0.2) is 14.5 Å². The Morgan fingerprint density at radius 2 is 1.96 bits per heavy atom. The molecule has 5 rings (SSSR count). The number of pyridine rings is 1. The van der Waals surface area contributed by atoms with Crippen molar-refractivity contribution in [2.24, 2.45) is 0 Å². The molecule has 0 radical (unpaired) electrons. The van der Waals surface area contributed by atoms with Gasteiger partial charge in [-0.05, 0) is 38.0 Å². The highest BCUT2D eigenvalue weighted by molar-refractivity contribution is 5.63. The van der Waals surface area contributed by atoms with Gasteiger partial charge in [0.2, 0.25) is 0 Å². The van der Waals surface area contributed by atoms with E-state index in [9.17, 15) is 0 Å². The largest absolute Gasteiger partial charge is 0.354 e. The zero-order valence-corrected chi connectivity index (χ0v) is 16.0. The molecule has 1 aliphatic heterocycles. The maximum atomic E-state index is 4.96. The lowest BCUT2D eigenvalue weighted by Gasteiger charge is -2.23. The quantitative estimate of drug-likeness (QED) is 0.536. The fourth-order valence-electron chi connectivity index (χ4n) is 4.06. The normalized spacial score (nSPS) is 16.8. The number of anilines is 1. The van der Waals surface area contributed by atoms with Gasteiger partial charge in [0.25, 0.3) is 0 Å². The monoisotopic (exact) mass is 369 g/mol. The van der Waals surface area contributed by atoms with Crippen molar-refractivity contribution in [1.82, 2.24) is 19.6 Å². The summed E-state index contributed by atoms with van der Waals surface area (Å²) in [5.74, 6) is 1.08. The minimum absolute atomic E-state index is 0.562. The van der Waals surface area contributed by atoms with E-state index >= 15 is 0 Å². The van der Waals surface area contributed by atoms with Crippen LogP contribution in [0.25, 0.3) is 16.9 Å². The van der Waals surface area contributed by atoms with E-state index in [1.165, 1.54) is 12.8 Å². The third kappa shape index (κ3) is 3.13. The van der Waals surface area contributed by atoms with E-state index in [0.717, 1.165) is 46.9 Å². The van der Waals surface area contributed by atoms with Gasteiger partial charge in [-0.15, -0.1) is 0 Å². The zero-order chi connectivity index (χ0) is 18.9. The van der Waals surface area contributed by atoms with E-state index in [0.29, 0.717) is 6.04 Å². The molecule has 1 aromatic carbocycles. The van der Waals surface area contributed by atoms with E-state index in [4.69, 9.17) is 10.1 Å². The molecule has 0 saturated carbocycles. The lowest BCUT2D eigenvalue weighted by Crippen LogP contribution is -2.27. The van der Waals surface area contributed by atoms with Gasteiger partial charge in [0, 0.05) is 48.2 Å². The first-order valence-electron chi connectivity index (χ1n) is 9.89. The van der Waals surface area contributed by atoms with Crippen LogP contribution in [0.15, 0.2) is 67.0 Å². The Bertz CT molecular complexity index is 1100. The van der Waals surface area contributed by atoms with Gasteiger partial charge in [0.1, 0.15) is 5.82 Å². The van der Waals surface area contributed by atoms with Crippen LogP contribution >= 0.6 is 0 Å². The summed E-state index contributed by atoms with van der Waals surface area (Å²) in [6.45, 7) is 3.37. The molecule has 140 valence electrons. The molecule has 4 aromatic rings. The summed E-state index contributed by atoms with van der Waals surface area (Å²) in [4.78, 5) is 11.9. The van der Waals surface area contributed by atoms with Crippen molar-refractivity contribution in [3.63, 3.8) is 0 Å². The van der Waals surface area contributed by atoms with Crippen LogP contribution in [0.3, 0.4) is 0 Å². The molecule has 0 N–H and O–H groups in total. The van der Waals surface area contributed by atoms with Crippen molar-refractivity contribution in [2.45, 2.75) is 32.2 Å². The van der Waals surface area contributed by atoms with Crippen LogP contribution in [0.4, 0.5) is 5.82 Å². The van der Waals surface area contributed by atoms with Crippen LogP contribution in [-0.2, 0) is 6.42 Å². The van der Waals surface area contributed by atoms with Crippen LogP contribution in [0.1, 0.15) is 31.0 Å². The summed E-state index contributed by atoms with van der Waals surface area (Å²) in [6, 6.07) is 19.3. The fourth-order valence-corrected chi connectivity index (χ4v) is 4.06. The average molecular weight is 369 g/mol. The summed E-state index contributed by atoms with van der Waals surface area (Å²) in [5.41, 5.74) is 5.14. The molecule has 3 aromatic heterocycles. The Kier molecular flexibility index (Phi) is 4.28. The molecule has 0 aliphatic carbocycles. The number of benzene rings is 1. The maximum absolute atomic E-state index is 4.96. The molecule has 1 fully saturated rings. The minimum atomic E-state index is 0.562. The molecular formula is C23H23N5.